The van der Waals surface area contributed by atoms with Crippen molar-refractivity contribution in [3.8, 4) is 0 Å². The van der Waals surface area contributed by atoms with Gasteiger partial charge >= 0.3 is 0 Å². The molecule has 25 heavy (non-hydrogen) atoms. The zero-order valence-corrected chi connectivity index (χ0v) is 14.6. The maximum atomic E-state index is 13.5. The van der Waals surface area contributed by atoms with E-state index in [1.54, 1.807) is 11.0 Å². The van der Waals surface area contributed by atoms with Crippen LogP contribution in [0.1, 0.15) is 35.0 Å². The van der Waals surface area contributed by atoms with E-state index >= 15 is 0 Å². The molecule has 1 aliphatic heterocycles. The Hall–Kier alpha value is -2.54. The predicted octanol–water partition coefficient (Wildman–Crippen LogP) is 3.19. The SMILES string of the molecule is Cc1csc2ncc(C(=O)N3c4ccc(F)cc4CC[C@H]3C)c(=O)n12. The molecule has 128 valence electrons. The topological polar surface area (TPSA) is 54.7 Å². The molecule has 0 unspecified atom stereocenters. The van der Waals surface area contributed by atoms with Crippen LogP contribution in [0.3, 0.4) is 0 Å². The fourth-order valence-corrected chi connectivity index (χ4v) is 4.16. The summed E-state index contributed by atoms with van der Waals surface area (Å²) in [5, 5.41) is 1.83. The van der Waals surface area contributed by atoms with Crippen molar-refractivity contribution in [2.75, 3.05) is 4.90 Å². The summed E-state index contributed by atoms with van der Waals surface area (Å²) >= 11 is 1.36. The zero-order chi connectivity index (χ0) is 17.7. The molecule has 1 atom stereocenters. The number of aromatic nitrogens is 2. The van der Waals surface area contributed by atoms with Crippen LogP contribution < -0.4 is 10.5 Å². The van der Waals surface area contributed by atoms with Gasteiger partial charge in [0.05, 0.1) is 0 Å². The highest BCUT2D eigenvalue weighted by atomic mass is 32.1. The monoisotopic (exact) mass is 357 g/mol. The number of thiazole rings is 1. The molecule has 0 spiro atoms. The van der Waals surface area contributed by atoms with Crippen molar-refractivity contribution in [3.05, 3.63) is 62.8 Å². The molecule has 2 aromatic heterocycles. The van der Waals surface area contributed by atoms with Gasteiger partial charge < -0.3 is 4.90 Å². The number of rotatable bonds is 1. The van der Waals surface area contributed by atoms with Gasteiger partial charge in [-0.2, -0.15) is 0 Å². The smallest absolute Gasteiger partial charge is 0.271 e. The molecule has 5 nitrogen and oxygen atoms in total. The first kappa shape index (κ1) is 16.0. The first-order valence-electron chi connectivity index (χ1n) is 8.05. The number of fused-ring (bicyclic) bond motifs is 2. The van der Waals surface area contributed by atoms with Gasteiger partial charge in [0.25, 0.3) is 11.5 Å². The van der Waals surface area contributed by atoms with Gasteiger partial charge in [0.2, 0.25) is 0 Å². The lowest BCUT2D eigenvalue weighted by Gasteiger charge is -2.35. The molecule has 3 heterocycles. The summed E-state index contributed by atoms with van der Waals surface area (Å²) in [6, 6.07) is 4.33. The van der Waals surface area contributed by atoms with Gasteiger partial charge in [0.15, 0.2) is 4.96 Å². The van der Waals surface area contributed by atoms with Crippen molar-refractivity contribution in [2.45, 2.75) is 32.7 Å². The third-order valence-electron chi connectivity index (χ3n) is 4.64. The molecule has 0 fully saturated rings. The minimum Gasteiger partial charge on any atom is -0.305 e. The summed E-state index contributed by atoms with van der Waals surface area (Å²) in [5.74, 6) is -0.713. The summed E-state index contributed by atoms with van der Waals surface area (Å²) in [4.78, 5) is 32.3. The molecule has 0 aliphatic carbocycles. The highest BCUT2D eigenvalue weighted by Gasteiger charge is 2.31. The van der Waals surface area contributed by atoms with Crippen LogP contribution >= 0.6 is 11.3 Å². The Morgan fingerprint density at radius 3 is 3.00 bits per heavy atom. The molecule has 1 aromatic carbocycles. The van der Waals surface area contributed by atoms with Crippen LogP contribution in [-0.2, 0) is 6.42 Å². The Balaban J connectivity index is 1.85. The van der Waals surface area contributed by atoms with Gasteiger partial charge in [-0.25, -0.2) is 9.37 Å². The first-order valence-corrected chi connectivity index (χ1v) is 8.93. The fraction of sp³-hybridized carbons (Fsp3) is 0.278. The average molecular weight is 357 g/mol. The lowest BCUT2D eigenvalue weighted by atomic mass is 9.96. The Kier molecular flexibility index (Phi) is 3.68. The summed E-state index contributed by atoms with van der Waals surface area (Å²) in [5.41, 5.74) is 1.86. The molecule has 3 aromatic rings. The van der Waals surface area contributed by atoms with E-state index in [1.807, 2.05) is 19.2 Å². The van der Waals surface area contributed by atoms with Gasteiger partial charge in [-0.3, -0.25) is 14.0 Å². The van der Waals surface area contributed by atoms with Crippen LogP contribution in [0.25, 0.3) is 4.96 Å². The van der Waals surface area contributed by atoms with E-state index in [9.17, 15) is 14.0 Å². The molecule has 1 aliphatic rings. The summed E-state index contributed by atoms with van der Waals surface area (Å²) in [7, 11) is 0. The van der Waals surface area contributed by atoms with Crippen LogP contribution in [0, 0.1) is 12.7 Å². The van der Waals surface area contributed by atoms with Crippen LogP contribution in [0.15, 0.2) is 34.6 Å². The molecular formula is C18H16FN3O2S. The average Bonchev–Trinajstić information content (AvgIpc) is 2.97. The normalized spacial score (nSPS) is 16.9. The minimum absolute atomic E-state index is 0.0306. The van der Waals surface area contributed by atoms with Crippen molar-refractivity contribution in [1.82, 2.24) is 9.38 Å². The second-order valence-corrected chi connectivity index (χ2v) is 7.14. The summed E-state index contributed by atoms with van der Waals surface area (Å²) < 4.78 is 15.0. The third-order valence-corrected chi connectivity index (χ3v) is 5.60. The van der Waals surface area contributed by atoms with Crippen molar-refractivity contribution < 1.29 is 9.18 Å². The van der Waals surface area contributed by atoms with Gasteiger partial charge in [-0.15, -0.1) is 11.3 Å². The van der Waals surface area contributed by atoms with E-state index in [-0.39, 0.29) is 23.0 Å². The number of hydrogen-bond donors (Lipinski definition) is 0. The predicted molar refractivity (Wildman–Crippen MR) is 95.1 cm³/mol. The zero-order valence-electron chi connectivity index (χ0n) is 13.8. The maximum absolute atomic E-state index is 13.5. The summed E-state index contributed by atoms with van der Waals surface area (Å²) in [6.45, 7) is 3.74. The Bertz CT molecular complexity index is 1060. The molecule has 0 saturated carbocycles. The lowest BCUT2D eigenvalue weighted by Crippen LogP contribution is -2.44. The highest BCUT2D eigenvalue weighted by Crippen LogP contribution is 2.32. The van der Waals surface area contributed by atoms with Gasteiger partial charge in [-0.05, 0) is 50.5 Å². The van der Waals surface area contributed by atoms with Crippen LogP contribution in [-0.4, -0.2) is 21.3 Å². The van der Waals surface area contributed by atoms with Crippen LogP contribution in [0.2, 0.25) is 0 Å². The molecule has 0 N–H and O–H groups in total. The molecule has 0 radical (unpaired) electrons. The molecule has 7 heteroatoms. The van der Waals surface area contributed by atoms with Crippen LogP contribution in [0.5, 0.6) is 0 Å². The van der Waals surface area contributed by atoms with E-state index in [2.05, 4.69) is 4.98 Å². The van der Waals surface area contributed by atoms with Gasteiger partial charge in [-0.1, -0.05) is 0 Å². The van der Waals surface area contributed by atoms with Crippen molar-refractivity contribution >= 4 is 27.9 Å². The number of carbonyl (C=O) groups is 1. The van der Waals surface area contributed by atoms with E-state index in [0.29, 0.717) is 17.1 Å². The number of carbonyl (C=O) groups excluding carboxylic acids is 1. The van der Waals surface area contributed by atoms with Crippen molar-refractivity contribution in [3.63, 3.8) is 0 Å². The van der Waals surface area contributed by atoms with Gasteiger partial charge in [0, 0.05) is 29.0 Å². The minimum atomic E-state index is -0.391. The number of halogens is 1. The number of amides is 1. The third kappa shape index (κ3) is 2.46. The number of benzene rings is 1. The fourth-order valence-electron chi connectivity index (χ4n) is 3.33. The maximum Gasteiger partial charge on any atom is 0.271 e. The van der Waals surface area contributed by atoms with Crippen LogP contribution in [0.4, 0.5) is 10.1 Å². The number of hydrogen-bond acceptors (Lipinski definition) is 4. The second kappa shape index (κ2) is 5.77. The highest BCUT2D eigenvalue weighted by molar-refractivity contribution is 7.15. The quantitative estimate of drug-likeness (QED) is 0.672. The van der Waals surface area contributed by atoms with Crippen molar-refractivity contribution in [2.24, 2.45) is 0 Å². The van der Waals surface area contributed by atoms with E-state index < -0.39 is 5.91 Å². The number of nitrogens with zero attached hydrogens (tertiary/aromatic N) is 3. The Morgan fingerprint density at radius 1 is 1.40 bits per heavy atom. The standard InChI is InChI=1S/C18H16FN3O2S/c1-10-3-4-12-7-13(19)5-6-15(12)21(10)16(23)14-8-20-18-22(17(14)24)11(2)9-25-18/h5-10H,3-4H2,1-2H3/t10-/m1/s1. The van der Waals surface area contributed by atoms with E-state index in [4.69, 9.17) is 0 Å². The first-order chi connectivity index (χ1) is 12.0. The molecular weight excluding hydrogens is 341 g/mol. The van der Waals surface area contributed by atoms with Crippen molar-refractivity contribution in [1.29, 1.82) is 0 Å². The second-order valence-electron chi connectivity index (χ2n) is 6.31. The largest absolute Gasteiger partial charge is 0.305 e. The molecule has 0 bridgehead atoms. The molecule has 1 amide bonds. The summed E-state index contributed by atoms with van der Waals surface area (Å²) in [6.07, 6.45) is 2.77. The number of anilines is 1. The molecule has 0 saturated heterocycles. The Morgan fingerprint density at radius 2 is 2.20 bits per heavy atom. The number of aryl methyl sites for hydroxylation is 2. The van der Waals surface area contributed by atoms with Gasteiger partial charge in [0.1, 0.15) is 11.4 Å². The van der Waals surface area contributed by atoms with E-state index in [0.717, 1.165) is 17.7 Å². The lowest BCUT2D eigenvalue weighted by molar-refractivity contribution is 0.0973. The molecule has 4 rings (SSSR count). The van der Waals surface area contributed by atoms with E-state index in [1.165, 1.54) is 34.1 Å². The Labute approximate surface area is 147 Å².